The molecular weight excluding hydrogens is 246 g/mol. The van der Waals surface area contributed by atoms with Crippen molar-refractivity contribution in [2.24, 2.45) is 0 Å². The molecule has 0 spiro atoms. The molecule has 0 aliphatic heterocycles. The molecule has 0 saturated heterocycles. The summed E-state index contributed by atoms with van der Waals surface area (Å²) in [7, 11) is 0. The molecule has 2 heterocycles. The van der Waals surface area contributed by atoms with Crippen molar-refractivity contribution in [1.29, 1.82) is 0 Å². The average Bonchev–Trinajstić information content (AvgIpc) is 2.74. The second-order valence-corrected chi connectivity index (χ2v) is 5.05. The van der Waals surface area contributed by atoms with Gasteiger partial charge in [0.1, 0.15) is 6.33 Å². The van der Waals surface area contributed by atoms with E-state index >= 15 is 0 Å². The van der Waals surface area contributed by atoms with Crippen molar-refractivity contribution in [2.45, 2.75) is 27.3 Å². The lowest BCUT2D eigenvalue weighted by Crippen LogP contribution is -2.23. The number of amides is 1. The van der Waals surface area contributed by atoms with Crippen LogP contribution in [0, 0.1) is 20.8 Å². The van der Waals surface area contributed by atoms with Crippen molar-refractivity contribution in [2.75, 3.05) is 0 Å². The van der Waals surface area contributed by atoms with E-state index in [1.54, 1.807) is 6.33 Å². The molecule has 0 bridgehead atoms. The summed E-state index contributed by atoms with van der Waals surface area (Å²) in [5.74, 6) is -0.0369. The summed E-state index contributed by atoms with van der Waals surface area (Å²) in [5, 5.41) is 4.84. The van der Waals surface area contributed by atoms with Gasteiger partial charge in [-0.2, -0.15) is 0 Å². The smallest absolute Gasteiger partial charge is 0.261 e. The SMILES string of the molecule is Cc1ccsc1C(=O)NCc1c(C)ncnc1C. The number of thiophene rings is 1. The van der Waals surface area contributed by atoms with Crippen LogP contribution in [0.15, 0.2) is 17.8 Å². The molecule has 0 aromatic carbocycles. The number of aryl methyl sites for hydroxylation is 3. The van der Waals surface area contributed by atoms with Crippen LogP contribution in [-0.4, -0.2) is 15.9 Å². The standard InChI is InChI=1S/C13H15N3OS/c1-8-4-5-18-12(8)13(17)14-6-11-9(2)15-7-16-10(11)3/h4-5,7H,6H2,1-3H3,(H,14,17). The Morgan fingerprint density at radius 2 is 1.94 bits per heavy atom. The first-order valence-electron chi connectivity index (χ1n) is 5.69. The Kier molecular flexibility index (Phi) is 3.72. The topological polar surface area (TPSA) is 54.9 Å². The summed E-state index contributed by atoms with van der Waals surface area (Å²) in [6, 6.07) is 1.95. The number of hydrogen-bond acceptors (Lipinski definition) is 4. The molecule has 0 atom stereocenters. The van der Waals surface area contributed by atoms with Crippen molar-refractivity contribution in [3.63, 3.8) is 0 Å². The fourth-order valence-corrected chi connectivity index (χ4v) is 2.57. The highest BCUT2D eigenvalue weighted by atomic mass is 32.1. The Labute approximate surface area is 110 Å². The molecule has 0 unspecified atom stereocenters. The van der Waals surface area contributed by atoms with Gasteiger partial charge in [-0.05, 0) is 37.8 Å². The number of carbonyl (C=O) groups is 1. The molecule has 2 aromatic rings. The maximum Gasteiger partial charge on any atom is 0.261 e. The molecule has 18 heavy (non-hydrogen) atoms. The van der Waals surface area contributed by atoms with Crippen molar-refractivity contribution in [1.82, 2.24) is 15.3 Å². The van der Waals surface area contributed by atoms with Gasteiger partial charge in [-0.15, -0.1) is 11.3 Å². The number of carbonyl (C=O) groups excluding carboxylic acids is 1. The van der Waals surface area contributed by atoms with Crippen LogP contribution in [0.25, 0.3) is 0 Å². The third kappa shape index (κ3) is 2.56. The largest absolute Gasteiger partial charge is 0.347 e. The van der Waals surface area contributed by atoms with E-state index in [-0.39, 0.29) is 5.91 Å². The molecule has 4 nitrogen and oxygen atoms in total. The Morgan fingerprint density at radius 1 is 1.28 bits per heavy atom. The van der Waals surface area contributed by atoms with E-state index in [9.17, 15) is 4.79 Å². The maximum atomic E-state index is 12.0. The van der Waals surface area contributed by atoms with Crippen LogP contribution < -0.4 is 5.32 Å². The Bertz CT molecular complexity index is 557. The molecule has 2 aromatic heterocycles. The zero-order valence-electron chi connectivity index (χ0n) is 10.7. The van der Waals surface area contributed by atoms with E-state index in [1.165, 1.54) is 11.3 Å². The van der Waals surface area contributed by atoms with Crippen LogP contribution in [-0.2, 0) is 6.54 Å². The molecular formula is C13H15N3OS. The van der Waals surface area contributed by atoms with Gasteiger partial charge in [0.15, 0.2) is 0 Å². The zero-order valence-corrected chi connectivity index (χ0v) is 11.5. The monoisotopic (exact) mass is 261 g/mol. The van der Waals surface area contributed by atoms with E-state index in [0.717, 1.165) is 27.4 Å². The molecule has 0 aliphatic rings. The lowest BCUT2D eigenvalue weighted by molar-refractivity contribution is 0.0954. The second-order valence-electron chi connectivity index (χ2n) is 4.14. The Balaban J connectivity index is 2.09. The van der Waals surface area contributed by atoms with Crippen molar-refractivity contribution < 1.29 is 4.79 Å². The van der Waals surface area contributed by atoms with Gasteiger partial charge < -0.3 is 5.32 Å². The lowest BCUT2D eigenvalue weighted by Gasteiger charge is -2.09. The zero-order chi connectivity index (χ0) is 13.1. The fraction of sp³-hybridized carbons (Fsp3) is 0.308. The molecule has 1 amide bonds. The minimum Gasteiger partial charge on any atom is -0.347 e. The predicted molar refractivity (Wildman–Crippen MR) is 71.7 cm³/mol. The molecule has 94 valence electrons. The van der Waals surface area contributed by atoms with Crippen LogP contribution in [0.5, 0.6) is 0 Å². The predicted octanol–water partition coefficient (Wildman–Crippen LogP) is 2.39. The number of nitrogens with zero attached hydrogens (tertiary/aromatic N) is 2. The minimum atomic E-state index is -0.0369. The van der Waals surface area contributed by atoms with E-state index in [2.05, 4.69) is 15.3 Å². The molecule has 0 aliphatic carbocycles. The van der Waals surface area contributed by atoms with Gasteiger partial charge in [0, 0.05) is 23.5 Å². The number of rotatable bonds is 3. The van der Waals surface area contributed by atoms with Crippen LogP contribution in [0.4, 0.5) is 0 Å². The molecule has 2 rings (SSSR count). The highest BCUT2D eigenvalue weighted by molar-refractivity contribution is 7.12. The van der Waals surface area contributed by atoms with Crippen LogP contribution in [0.2, 0.25) is 0 Å². The van der Waals surface area contributed by atoms with E-state index in [0.29, 0.717) is 6.54 Å². The summed E-state index contributed by atoms with van der Waals surface area (Å²) in [4.78, 5) is 21.0. The van der Waals surface area contributed by atoms with Gasteiger partial charge in [0.2, 0.25) is 0 Å². The fourth-order valence-electron chi connectivity index (χ4n) is 1.73. The number of nitrogens with one attached hydrogen (secondary N) is 1. The summed E-state index contributed by atoms with van der Waals surface area (Å²) in [6.45, 7) is 6.25. The lowest BCUT2D eigenvalue weighted by atomic mass is 10.1. The third-order valence-corrected chi connectivity index (χ3v) is 3.89. The van der Waals surface area contributed by atoms with Crippen LogP contribution >= 0.6 is 11.3 Å². The number of hydrogen-bond donors (Lipinski definition) is 1. The summed E-state index contributed by atoms with van der Waals surface area (Å²) in [5.41, 5.74) is 3.81. The van der Waals surface area contributed by atoms with Gasteiger partial charge in [-0.1, -0.05) is 0 Å². The molecule has 5 heteroatoms. The Morgan fingerprint density at radius 3 is 2.50 bits per heavy atom. The van der Waals surface area contributed by atoms with Crippen molar-refractivity contribution >= 4 is 17.2 Å². The van der Waals surface area contributed by atoms with Crippen LogP contribution in [0.3, 0.4) is 0 Å². The highest BCUT2D eigenvalue weighted by Crippen LogP contribution is 2.15. The summed E-state index contributed by atoms with van der Waals surface area (Å²) < 4.78 is 0. The second kappa shape index (κ2) is 5.27. The normalized spacial score (nSPS) is 10.4. The van der Waals surface area contributed by atoms with E-state index < -0.39 is 0 Å². The molecule has 0 fully saturated rings. The molecule has 0 saturated carbocycles. The average molecular weight is 261 g/mol. The van der Waals surface area contributed by atoms with Crippen LogP contribution in [0.1, 0.15) is 32.2 Å². The molecule has 0 radical (unpaired) electrons. The van der Waals surface area contributed by atoms with E-state index in [1.807, 2.05) is 32.2 Å². The van der Waals surface area contributed by atoms with Gasteiger partial charge in [0.25, 0.3) is 5.91 Å². The maximum absolute atomic E-state index is 12.0. The van der Waals surface area contributed by atoms with Gasteiger partial charge in [0.05, 0.1) is 4.88 Å². The van der Waals surface area contributed by atoms with E-state index in [4.69, 9.17) is 0 Å². The first-order valence-corrected chi connectivity index (χ1v) is 6.57. The van der Waals surface area contributed by atoms with Crippen molar-refractivity contribution in [3.05, 3.63) is 45.2 Å². The minimum absolute atomic E-state index is 0.0369. The van der Waals surface area contributed by atoms with Gasteiger partial charge in [-0.25, -0.2) is 9.97 Å². The molecule has 1 N–H and O–H groups in total. The van der Waals surface area contributed by atoms with Gasteiger partial charge >= 0.3 is 0 Å². The summed E-state index contributed by atoms with van der Waals surface area (Å²) in [6.07, 6.45) is 1.54. The quantitative estimate of drug-likeness (QED) is 0.923. The first-order chi connectivity index (χ1) is 8.59. The third-order valence-electron chi connectivity index (χ3n) is 2.87. The summed E-state index contributed by atoms with van der Waals surface area (Å²) >= 11 is 1.46. The van der Waals surface area contributed by atoms with Gasteiger partial charge in [-0.3, -0.25) is 4.79 Å². The Hall–Kier alpha value is -1.75. The number of aromatic nitrogens is 2. The first kappa shape index (κ1) is 12.7. The highest BCUT2D eigenvalue weighted by Gasteiger charge is 2.11. The van der Waals surface area contributed by atoms with Crippen molar-refractivity contribution in [3.8, 4) is 0 Å².